The summed E-state index contributed by atoms with van der Waals surface area (Å²) < 4.78 is 40.6. The molecule has 2 rings (SSSR count). The first kappa shape index (κ1) is 14.5. The van der Waals surface area contributed by atoms with Crippen LogP contribution in [0.2, 0.25) is 5.02 Å². The molecule has 0 saturated carbocycles. The standard InChI is InChI=1S/C12H8ClFINO2S/c13-11-6-1-8(14)7-12(11)19(17,18)16-10-4-2-9(15)3-5-10/h1-7,16H. The zero-order valence-electron chi connectivity index (χ0n) is 9.40. The van der Waals surface area contributed by atoms with Crippen LogP contribution in [-0.2, 0) is 10.0 Å². The first-order valence-corrected chi connectivity index (χ1v) is 8.06. The van der Waals surface area contributed by atoms with Gasteiger partial charge in [-0.25, -0.2) is 12.8 Å². The van der Waals surface area contributed by atoms with Gasteiger partial charge in [0.05, 0.1) is 5.02 Å². The fourth-order valence-corrected chi connectivity index (χ4v) is 3.34. The molecule has 0 spiro atoms. The minimum Gasteiger partial charge on any atom is -0.280 e. The van der Waals surface area contributed by atoms with E-state index in [0.29, 0.717) is 5.69 Å². The van der Waals surface area contributed by atoms with Crippen molar-refractivity contribution in [2.24, 2.45) is 0 Å². The maximum atomic E-state index is 13.1. The first-order chi connectivity index (χ1) is 8.88. The van der Waals surface area contributed by atoms with Crippen LogP contribution in [0.4, 0.5) is 10.1 Å². The summed E-state index contributed by atoms with van der Waals surface area (Å²) in [4.78, 5) is -0.285. The Morgan fingerprint density at radius 2 is 1.74 bits per heavy atom. The number of hydrogen-bond donors (Lipinski definition) is 1. The Morgan fingerprint density at radius 3 is 2.37 bits per heavy atom. The summed E-state index contributed by atoms with van der Waals surface area (Å²) in [6.07, 6.45) is 0. The maximum Gasteiger partial charge on any atom is 0.263 e. The van der Waals surface area contributed by atoms with E-state index in [9.17, 15) is 12.8 Å². The number of hydrogen-bond acceptors (Lipinski definition) is 2. The minimum atomic E-state index is -3.90. The summed E-state index contributed by atoms with van der Waals surface area (Å²) in [5.41, 5.74) is 0.390. The van der Waals surface area contributed by atoms with Crippen molar-refractivity contribution in [2.75, 3.05) is 4.72 Å². The normalized spacial score (nSPS) is 11.3. The van der Waals surface area contributed by atoms with Gasteiger partial charge in [-0.2, -0.15) is 0 Å². The zero-order chi connectivity index (χ0) is 14.0. The van der Waals surface area contributed by atoms with Gasteiger partial charge in [-0.15, -0.1) is 0 Å². The Bertz CT molecular complexity index is 704. The molecule has 19 heavy (non-hydrogen) atoms. The van der Waals surface area contributed by atoms with Crippen LogP contribution in [0.3, 0.4) is 0 Å². The molecule has 0 aromatic heterocycles. The van der Waals surface area contributed by atoms with E-state index in [2.05, 4.69) is 27.3 Å². The Morgan fingerprint density at radius 1 is 1.11 bits per heavy atom. The minimum absolute atomic E-state index is 0.0283. The van der Waals surface area contributed by atoms with E-state index in [1.807, 2.05) is 0 Å². The van der Waals surface area contributed by atoms with E-state index >= 15 is 0 Å². The van der Waals surface area contributed by atoms with E-state index < -0.39 is 15.8 Å². The Kier molecular flexibility index (Phi) is 4.32. The van der Waals surface area contributed by atoms with E-state index in [1.165, 1.54) is 6.07 Å². The molecule has 0 unspecified atom stereocenters. The Hall–Kier alpha value is -0.860. The smallest absolute Gasteiger partial charge is 0.263 e. The molecule has 0 atom stereocenters. The van der Waals surface area contributed by atoms with Crippen LogP contribution in [0.25, 0.3) is 0 Å². The fraction of sp³-hybridized carbons (Fsp3) is 0. The molecule has 0 amide bonds. The van der Waals surface area contributed by atoms with Gasteiger partial charge in [0.25, 0.3) is 10.0 Å². The van der Waals surface area contributed by atoms with Crippen molar-refractivity contribution in [3.8, 4) is 0 Å². The third-order valence-electron chi connectivity index (χ3n) is 2.28. The number of anilines is 1. The van der Waals surface area contributed by atoms with Gasteiger partial charge in [-0.1, -0.05) is 11.6 Å². The number of halogens is 3. The van der Waals surface area contributed by atoms with Crippen LogP contribution in [-0.4, -0.2) is 8.42 Å². The SMILES string of the molecule is O=S(=O)(Nc1ccc(I)cc1)c1cc(F)ccc1Cl. The van der Waals surface area contributed by atoms with Crippen LogP contribution >= 0.6 is 34.2 Å². The molecule has 3 nitrogen and oxygen atoms in total. The topological polar surface area (TPSA) is 46.2 Å². The zero-order valence-corrected chi connectivity index (χ0v) is 13.1. The molecule has 0 aliphatic rings. The van der Waals surface area contributed by atoms with Crippen molar-refractivity contribution in [2.45, 2.75) is 4.90 Å². The average Bonchev–Trinajstić information content (AvgIpc) is 2.35. The molecule has 0 bridgehead atoms. The summed E-state index contributed by atoms with van der Waals surface area (Å²) in [6, 6.07) is 9.94. The quantitative estimate of drug-likeness (QED) is 0.779. The van der Waals surface area contributed by atoms with E-state index in [0.717, 1.165) is 15.7 Å². The van der Waals surface area contributed by atoms with E-state index in [1.54, 1.807) is 24.3 Å². The van der Waals surface area contributed by atoms with Crippen molar-refractivity contribution in [3.05, 3.63) is 56.9 Å². The molecule has 0 aliphatic carbocycles. The Balaban J connectivity index is 2.37. The highest BCUT2D eigenvalue weighted by molar-refractivity contribution is 14.1. The van der Waals surface area contributed by atoms with Gasteiger partial charge in [0.15, 0.2) is 0 Å². The third kappa shape index (κ3) is 3.58. The second-order valence-electron chi connectivity index (χ2n) is 3.69. The molecule has 0 radical (unpaired) electrons. The summed E-state index contributed by atoms with van der Waals surface area (Å²) >= 11 is 7.89. The van der Waals surface area contributed by atoms with Gasteiger partial charge in [-0.05, 0) is 65.1 Å². The van der Waals surface area contributed by atoms with Crippen LogP contribution in [0.5, 0.6) is 0 Å². The second-order valence-corrected chi connectivity index (χ2v) is 6.99. The molecule has 1 N–H and O–H groups in total. The molecule has 0 heterocycles. The van der Waals surface area contributed by atoms with Gasteiger partial charge < -0.3 is 0 Å². The third-order valence-corrected chi connectivity index (χ3v) is 4.86. The predicted molar refractivity (Wildman–Crippen MR) is 81.4 cm³/mol. The lowest BCUT2D eigenvalue weighted by atomic mass is 10.3. The lowest BCUT2D eigenvalue weighted by molar-refractivity contribution is 0.595. The van der Waals surface area contributed by atoms with Crippen molar-refractivity contribution >= 4 is 49.9 Å². The number of sulfonamides is 1. The van der Waals surface area contributed by atoms with Crippen LogP contribution in [0, 0.1) is 9.39 Å². The number of rotatable bonds is 3. The molecule has 2 aromatic carbocycles. The second kappa shape index (κ2) is 5.64. The fourth-order valence-electron chi connectivity index (χ4n) is 1.41. The number of benzene rings is 2. The molecule has 100 valence electrons. The highest BCUT2D eigenvalue weighted by Gasteiger charge is 2.18. The average molecular weight is 412 g/mol. The van der Waals surface area contributed by atoms with E-state index in [4.69, 9.17) is 11.6 Å². The van der Waals surface area contributed by atoms with Gasteiger partial charge in [0, 0.05) is 9.26 Å². The highest BCUT2D eigenvalue weighted by atomic mass is 127. The lowest BCUT2D eigenvalue weighted by Crippen LogP contribution is -2.13. The van der Waals surface area contributed by atoms with Crippen molar-refractivity contribution < 1.29 is 12.8 Å². The monoisotopic (exact) mass is 411 g/mol. The first-order valence-electron chi connectivity index (χ1n) is 5.12. The molecular formula is C12H8ClFINO2S. The van der Waals surface area contributed by atoms with Crippen LogP contribution < -0.4 is 4.72 Å². The molecule has 0 saturated heterocycles. The van der Waals surface area contributed by atoms with Gasteiger partial charge >= 0.3 is 0 Å². The molecule has 0 fully saturated rings. The lowest BCUT2D eigenvalue weighted by Gasteiger charge is -2.09. The van der Waals surface area contributed by atoms with Crippen molar-refractivity contribution in [1.82, 2.24) is 0 Å². The summed E-state index contributed by atoms with van der Waals surface area (Å²) in [6.45, 7) is 0. The van der Waals surface area contributed by atoms with Crippen LogP contribution in [0.1, 0.15) is 0 Å². The summed E-state index contributed by atoms with van der Waals surface area (Å²) in [5.74, 6) is -0.660. The summed E-state index contributed by atoms with van der Waals surface area (Å²) in [7, 11) is -3.90. The highest BCUT2D eigenvalue weighted by Crippen LogP contribution is 2.24. The molecular weight excluding hydrogens is 404 g/mol. The van der Waals surface area contributed by atoms with Crippen LogP contribution in [0.15, 0.2) is 47.4 Å². The molecule has 2 aromatic rings. The Labute approximate surface area is 129 Å². The predicted octanol–water partition coefficient (Wildman–Crippen LogP) is 3.88. The van der Waals surface area contributed by atoms with Gasteiger partial charge in [0.2, 0.25) is 0 Å². The number of nitrogens with one attached hydrogen (secondary N) is 1. The summed E-state index contributed by atoms with van der Waals surface area (Å²) in [5, 5.41) is -0.0283. The largest absolute Gasteiger partial charge is 0.280 e. The van der Waals surface area contributed by atoms with Crippen molar-refractivity contribution in [3.63, 3.8) is 0 Å². The van der Waals surface area contributed by atoms with Gasteiger partial charge in [0.1, 0.15) is 10.7 Å². The molecule has 7 heteroatoms. The van der Waals surface area contributed by atoms with Crippen molar-refractivity contribution in [1.29, 1.82) is 0 Å². The van der Waals surface area contributed by atoms with Gasteiger partial charge in [-0.3, -0.25) is 4.72 Å². The molecule has 0 aliphatic heterocycles. The van der Waals surface area contributed by atoms with E-state index in [-0.39, 0.29) is 9.92 Å². The maximum absolute atomic E-state index is 13.1.